The summed E-state index contributed by atoms with van der Waals surface area (Å²) in [5, 5.41) is 1.39. The largest absolute Gasteiger partial charge is 0.268 e. The minimum Gasteiger partial charge on any atom is -0.241 e. The first-order valence-corrected chi connectivity index (χ1v) is 7.89. The summed E-state index contributed by atoms with van der Waals surface area (Å²) < 4.78 is 26.6. The first kappa shape index (κ1) is 13.2. The van der Waals surface area contributed by atoms with E-state index in [0.717, 1.165) is 10.9 Å². The summed E-state index contributed by atoms with van der Waals surface area (Å²) in [7, 11) is -3.58. The number of benzene rings is 2. The molecule has 0 amide bonds. The van der Waals surface area contributed by atoms with Crippen molar-refractivity contribution in [3.8, 4) is 0 Å². The molecule has 3 aromatic rings. The fraction of sp³-hybridized carbons (Fsp3) is 0.0667. The van der Waals surface area contributed by atoms with Crippen molar-refractivity contribution in [2.75, 3.05) is 0 Å². The lowest BCUT2D eigenvalue weighted by atomic mass is 10.2. The quantitative estimate of drug-likeness (QED) is 0.721. The molecule has 0 radical (unpaired) electrons. The second kappa shape index (κ2) is 4.65. The Balaban J connectivity index is 2.21. The third-order valence-electron chi connectivity index (χ3n) is 3.19. The van der Waals surface area contributed by atoms with Crippen LogP contribution in [0.5, 0.6) is 0 Å². The highest BCUT2D eigenvalue weighted by Crippen LogP contribution is 2.24. The van der Waals surface area contributed by atoms with Gasteiger partial charge in [-0.1, -0.05) is 29.3 Å². The molecule has 0 bridgehead atoms. The van der Waals surface area contributed by atoms with Crippen LogP contribution in [0.4, 0.5) is 0 Å². The van der Waals surface area contributed by atoms with E-state index in [9.17, 15) is 8.42 Å². The van der Waals surface area contributed by atoms with E-state index < -0.39 is 10.0 Å². The van der Waals surface area contributed by atoms with E-state index in [1.54, 1.807) is 54.7 Å². The van der Waals surface area contributed by atoms with Crippen molar-refractivity contribution >= 4 is 32.5 Å². The van der Waals surface area contributed by atoms with Crippen LogP contribution < -0.4 is 0 Å². The fourth-order valence-corrected chi connectivity index (χ4v) is 3.66. The highest BCUT2D eigenvalue weighted by molar-refractivity contribution is 7.90. The molecule has 5 heteroatoms. The molecule has 1 heterocycles. The van der Waals surface area contributed by atoms with Gasteiger partial charge in [0.05, 0.1) is 10.4 Å². The predicted octanol–water partition coefficient (Wildman–Crippen LogP) is 3.84. The normalized spacial score (nSPS) is 11.9. The Kier molecular flexibility index (Phi) is 3.07. The highest BCUT2D eigenvalue weighted by Gasteiger charge is 2.18. The van der Waals surface area contributed by atoms with Gasteiger partial charge in [-0.25, -0.2) is 12.4 Å². The van der Waals surface area contributed by atoms with Crippen molar-refractivity contribution in [1.82, 2.24) is 3.97 Å². The molecule has 0 saturated heterocycles. The van der Waals surface area contributed by atoms with E-state index >= 15 is 0 Å². The molecule has 0 aliphatic heterocycles. The zero-order chi connectivity index (χ0) is 14.3. The lowest BCUT2D eigenvalue weighted by molar-refractivity contribution is 0.589. The van der Waals surface area contributed by atoms with Crippen LogP contribution in [0.1, 0.15) is 5.56 Å². The first-order valence-electron chi connectivity index (χ1n) is 6.07. The Morgan fingerprint density at radius 1 is 1.00 bits per heavy atom. The van der Waals surface area contributed by atoms with Gasteiger partial charge in [0.15, 0.2) is 0 Å². The highest BCUT2D eigenvalue weighted by atomic mass is 35.5. The number of hydrogen-bond acceptors (Lipinski definition) is 2. The molecule has 3 rings (SSSR count). The Morgan fingerprint density at radius 2 is 1.70 bits per heavy atom. The minimum absolute atomic E-state index is 0.274. The van der Waals surface area contributed by atoms with Crippen LogP contribution in [0.2, 0.25) is 5.02 Å². The Morgan fingerprint density at radius 3 is 2.40 bits per heavy atom. The van der Waals surface area contributed by atoms with Crippen molar-refractivity contribution in [2.24, 2.45) is 0 Å². The van der Waals surface area contributed by atoms with E-state index in [-0.39, 0.29) is 4.90 Å². The van der Waals surface area contributed by atoms with Gasteiger partial charge in [0.25, 0.3) is 10.0 Å². The van der Waals surface area contributed by atoms with E-state index in [1.807, 2.05) is 6.92 Å². The van der Waals surface area contributed by atoms with Gasteiger partial charge in [-0.05, 0) is 43.3 Å². The summed E-state index contributed by atoms with van der Waals surface area (Å²) in [6, 6.07) is 13.7. The van der Waals surface area contributed by atoms with Crippen LogP contribution in [-0.2, 0) is 10.0 Å². The maximum absolute atomic E-state index is 12.6. The van der Waals surface area contributed by atoms with E-state index in [2.05, 4.69) is 0 Å². The van der Waals surface area contributed by atoms with Crippen molar-refractivity contribution in [3.05, 3.63) is 65.3 Å². The maximum atomic E-state index is 12.6. The van der Waals surface area contributed by atoms with Crippen molar-refractivity contribution in [3.63, 3.8) is 0 Å². The van der Waals surface area contributed by atoms with E-state index in [4.69, 9.17) is 11.6 Å². The number of halogens is 1. The lowest BCUT2D eigenvalue weighted by Gasteiger charge is -2.08. The molecule has 102 valence electrons. The predicted molar refractivity (Wildman–Crippen MR) is 80.7 cm³/mol. The molecule has 0 aliphatic carbocycles. The van der Waals surface area contributed by atoms with E-state index in [1.165, 1.54) is 3.97 Å². The molecule has 0 N–H and O–H groups in total. The second-order valence-electron chi connectivity index (χ2n) is 4.63. The van der Waals surface area contributed by atoms with Crippen LogP contribution in [0.3, 0.4) is 0 Å². The molecular weight excluding hydrogens is 294 g/mol. The molecule has 0 aliphatic rings. The third kappa shape index (κ3) is 2.11. The summed E-state index contributed by atoms with van der Waals surface area (Å²) >= 11 is 5.92. The molecule has 3 nitrogen and oxygen atoms in total. The SMILES string of the molecule is Cc1ccc(S(=O)(=O)n2ccc3cc(Cl)ccc32)cc1. The van der Waals surface area contributed by atoms with E-state index in [0.29, 0.717) is 10.5 Å². The number of aromatic nitrogens is 1. The molecule has 0 unspecified atom stereocenters. The standard InChI is InChI=1S/C15H12ClNO2S/c1-11-2-5-14(6-3-11)20(18,19)17-9-8-12-10-13(16)4-7-15(12)17/h2-10H,1H3. The van der Waals surface area contributed by atoms with Gasteiger partial charge in [0, 0.05) is 16.6 Å². The van der Waals surface area contributed by atoms with Crippen molar-refractivity contribution < 1.29 is 8.42 Å². The molecule has 0 spiro atoms. The number of aryl methyl sites for hydroxylation is 1. The number of rotatable bonds is 2. The Labute approximate surface area is 122 Å². The molecule has 20 heavy (non-hydrogen) atoms. The third-order valence-corrected chi connectivity index (χ3v) is 5.13. The Bertz CT molecular complexity index is 880. The topological polar surface area (TPSA) is 39.1 Å². The van der Waals surface area contributed by atoms with Crippen LogP contribution in [0.25, 0.3) is 10.9 Å². The van der Waals surface area contributed by atoms with Crippen molar-refractivity contribution in [2.45, 2.75) is 11.8 Å². The van der Waals surface area contributed by atoms with Gasteiger partial charge in [-0.3, -0.25) is 0 Å². The monoisotopic (exact) mass is 305 g/mol. The van der Waals surface area contributed by atoms with Crippen LogP contribution in [0.15, 0.2) is 59.6 Å². The van der Waals surface area contributed by atoms with Gasteiger partial charge < -0.3 is 0 Å². The summed E-state index contributed by atoms with van der Waals surface area (Å²) in [5.74, 6) is 0. The first-order chi connectivity index (χ1) is 9.48. The summed E-state index contributed by atoms with van der Waals surface area (Å²) in [4.78, 5) is 0.274. The van der Waals surface area contributed by atoms with Crippen molar-refractivity contribution in [1.29, 1.82) is 0 Å². The molecule has 2 aromatic carbocycles. The molecule has 0 saturated carbocycles. The zero-order valence-electron chi connectivity index (χ0n) is 10.7. The van der Waals surface area contributed by atoms with Gasteiger partial charge in [0.2, 0.25) is 0 Å². The molecular formula is C15H12ClNO2S. The summed E-state index contributed by atoms with van der Waals surface area (Å²) in [6.07, 6.45) is 1.55. The smallest absolute Gasteiger partial charge is 0.241 e. The zero-order valence-corrected chi connectivity index (χ0v) is 12.3. The fourth-order valence-electron chi connectivity index (χ4n) is 2.12. The second-order valence-corrected chi connectivity index (χ2v) is 6.88. The van der Waals surface area contributed by atoms with Crippen LogP contribution in [0, 0.1) is 6.92 Å². The average Bonchev–Trinajstić information content (AvgIpc) is 2.82. The lowest BCUT2D eigenvalue weighted by Crippen LogP contribution is -2.11. The van der Waals surface area contributed by atoms with Gasteiger partial charge in [-0.15, -0.1) is 0 Å². The van der Waals surface area contributed by atoms with Crippen LogP contribution >= 0.6 is 11.6 Å². The maximum Gasteiger partial charge on any atom is 0.268 e. The molecule has 0 fully saturated rings. The number of nitrogens with zero attached hydrogens (tertiary/aromatic N) is 1. The summed E-state index contributed by atoms with van der Waals surface area (Å²) in [6.45, 7) is 1.92. The average molecular weight is 306 g/mol. The van der Waals surface area contributed by atoms with Gasteiger partial charge in [-0.2, -0.15) is 0 Å². The van der Waals surface area contributed by atoms with Gasteiger partial charge >= 0.3 is 0 Å². The summed E-state index contributed by atoms with van der Waals surface area (Å²) in [5.41, 5.74) is 1.64. The van der Waals surface area contributed by atoms with Gasteiger partial charge in [0.1, 0.15) is 0 Å². The number of hydrogen-bond donors (Lipinski definition) is 0. The minimum atomic E-state index is -3.58. The molecule has 1 aromatic heterocycles. The Hall–Kier alpha value is -1.78. The number of fused-ring (bicyclic) bond motifs is 1. The van der Waals surface area contributed by atoms with Crippen LogP contribution in [-0.4, -0.2) is 12.4 Å². The molecule has 0 atom stereocenters.